The van der Waals surface area contributed by atoms with Crippen LogP contribution in [0.5, 0.6) is 5.88 Å². The number of aryl methyl sites for hydroxylation is 1. The molecule has 6 heteroatoms. The third-order valence-electron chi connectivity index (χ3n) is 4.72. The lowest BCUT2D eigenvalue weighted by atomic mass is 9.98. The minimum atomic E-state index is -0.244. The number of amides is 1. The second-order valence-corrected chi connectivity index (χ2v) is 7.58. The van der Waals surface area contributed by atoms with Crippen molar-refractivity contribution in [2.75, 3.05) is 6.61 Å². The van der Waals surface area contributed by atoms with E-state index in [1.165, 1.54) is 17.7 Å². The van der Waals surface area contributed by atoms with E-state index in [0.717, 1.165) is 26.9 Å². The number of carbonyl (C=O) groups is 1. The minimum Gasteiger partial charge on any atom is -0.477 e. The molecule has 146 valence electrons. The zero-order valence-corrected chi connectivity index (χ0v) is 17.1. The van der Waals surface area contributed by atoms with Crippen molar-refractivity contribution in [3.05, 3.63) is 88.6 Å². The van der Waals surface area contributed by atoms with E-state index in [-0.39, 0.29) is 11.9 Å². The van der Waals surface area contributed by atoms with Crippen molar-refractivity contribution in [2.45, 2.75) is 19.9 Å². The highest BCUT2D eigenvalue weighted by molar-refractivity contribution is 7.20. The Morgan fingerprint density at radius 3 is 2.24 bits per heavy atom. The van der Waals surface area contributed by atoms with Crippen LogP contribution in [0.4, 0.5) is 0 Å². The van der Waals surface area contributed by atoms with Crippen molar-refractivity contribution < 1.29 is 9.53 Å². The number of hydrogen-bond donors (Lipinski definition) is 1. The Kier molecular flexibility index (Phi) is 5.53. The maximum atomic E-state index is 13.3. The summed E-state index contributed by atoms with van der Waals surface area (Å²) in [6, 6.07) is 19.7. The van der Waals surface area contributed by atoms with Crippen molar-refractivity contribution in [1.29, 1.82) is 0 Å². The van der Waals surface area contributed by atoms with Crippen LogP contribution in [0.3, 0.4) is 0 Å². The van der Waals surface area contributed by atoms with Crippen molar-refractivity contribution in [3.8, 4) is 5.88 Å². The average molecular weight is 404 g/mol. The van der Waals surface area contributed by atoms with Crippen molar-refractivity contribution in [2.24, 2.45) is 0 Å². The maximum Gasteiger partial charge on any atom is 0.262 e. The molecule has 2 aromatic carbocycles. The first-order valence-corrected chi connectivity index (χ1v) is 10.3. The summed E-state index contributed by atoms with van der Waals surface area (Å²) in [6.07, 6.45) is 1.47. The quantitative estimate of drug-likeness (QED) is 0.496. The molecule has 2 aromatic heterocycles. The number of aromatic nitrogens is 2. The Hall–Kier alpha value is -3.25. The van der Waals surface area contributed by atoms with Gasteiger partial charge in [0.05, 0.1) is 22.9 Å². The summed E-state index contributed by atoms with van der Waals surface area (Å²) in [5.41, 5.74) is 2.90. The van der Waals surface area contributed by atoms with E-state index in [1.807, 2.05) is 74.5 Å². The third-order valence-corrected chi connectivity index (χ3v) is 5.92. The molecule has 1 amide bonds. The number of fused-ring (bicyclic) bond motifs is 1. The van der Waals surface area contributed by atoms with Gasteiger partial charge in [-0.15, -0.1) is 11.3 Å². The fourth-order valence-corrected chi connectivity index (χ4v) is 4.39. The molecule has 0 saturated heterocycles. The highest BCUT2D eigenvalue weighted by Crippen LogP contribution is 2.35. The second-order valence-electron chi connectivity index (χ2n) is 6.58. The lowest BCUT2D eigenvalue weighted by molar-refractivity contribution is 0.0946. The Morgan fingerprint density at radius 1 is 1.03 bits per heavy atom. The van der Waals surface area contributed by atoms with Gasteiger partial charge in [0.15, 0.2) is 0 Å². The average Bonchev–Trinajstić information content (AvgIpc) is 3.11. The lowest BCUT2D eigenvalue weighted by Gasteiger charge is -2.19. The van der Waals surface area contributed by atoms with E-state index in [1.54, 1.807) is 0 Å². The number of ether oxygens (including phenoxy) is 1. The second kappa shape index (κ2) is 8.41. The summed E-state index contributed by atoms with van der Waals surface area (Å²) in [5.74, 6) is 0.388. The molecule has 4 aromatic rings. The highest BCUT2D eigenvalue weighted by Gasteiger charge is 2.23. The standard InChI is InChI=1S/C23H21N3O2S/c1-3-28-22-18-15(2)20(29-23(18)25-14-24-22)21(27)26-19(16-10-6-4-7-11-16)17-12-8-5-9-13-17/h4-14,19H,3H2,1-2H3,(H,26,27). The van der Waals surface area contributed by atoms with E-state index in [2.05, 4.69) is 15.3 Å². The van der Waals surface area contributed by atoms with Gasteiger partial charge in [0.1, 0.15) is 11.2 Å². The van der Waals surface area contributed by atoms with E-state index in [9.17, 15) is 4.79 Å². The van der Waals surface area contributed by atoms with Gasteiger partial charge < -0.3 is 10.1 Å². The smallest absolute Gasteiger partial charge is 0.262 e. The molecule has 0 aliphatic heterocycles. The molecule has 0 radical (unpaired) electrons. The lowest BCUT2D eigenvalue weighted by Crippen LogP contribution is -2.29. The molecule has 0 unspecified atom stereocenters. The number of nitrogens with zero attached hydrogens (tertiary/aromatic N) is 2. The van der Waals surface area contributed by atoms with Gasteiger partial charge in [0, 0.05) is 0 Å². The first-order valence-electron chi connectivity index (χ1n) is 9.46. The predicted octanol–water partition coefficient (Wildman–Crippen LogP) is 4.92. The zero-order chi connectivity index (χ0) is 20.2. The number of benzene rings is 2. The van der Waals surface area contributed by atoms with Crippen LogP contribution in [0.1, 0.15) is 39.3 Å². The normalized spacial score (nSPS) is 11.0. The highest BCUT2D eigenvalue weighted by atomic mass is 32.1. The van der Waals surface area contributed by atoms with Crippen LogP contribution < -0.4 is 10.1 Å². The molecule has 0 aliphatic carbocycles. The van der Waals surface area contributed by atoms with Gasteiger partial charge in [-0.2, -0.15) is 0 Å². The van der Waals surface area contributed by atoms with Crippen LogP contribution in [0.2, 0.25) is 0 Å². The van der Waals surface area contributed by atoms with Crippen molar-refractivity contribution in [1.82, 2.24) is 15.3 Å². The topological polar surface area (TPSA) is 64.1 Å². The summed E-state index contributed by atoms with van der Waals surface area (Å²) < 4.78 is 5.64. The number of rotatable bonds is 6. The first-order chi connectivity index (χ1) is 14.2. The van der Waals surface area contributed by atoms with Gasteiger partial charge in [-0.05, 0) is 30.5 Å². The number of carbonyl (C=O) groups excluding carboxylic acids is 1. The van der Waals surface area contributed by atoms with Gasteiger partial charge in [-0.25, -0.2) is 9.97 Å². The van der Waals surface area contributed by atoms with Gasteiger partial charge in [-0.3, -0.25) is 4.79 Å². The fourth-order valence-electron chi connectivity index (χ4n) is 3.35. The van der Waals surface area contributed by atoms with E-state index in [4.69, 9.17) is 4.74 Å². The molecular weight excluding hydrogens is 382 g/mol. The molecule has 0 atom stereocenters. The summed E-state index contributed by atoms with van der Waals surface area (Å²) in [4.78, 5) is 23.2. The molecule has 0 fully saturated rings. The molecule has 2 heterocycles. The Balaban J connectivity index is 1.72. The van der Waals surface area contributed by atoms with E-state index >= 15 is 0 Å². The van der Waals surface area contributed by atoms with Crippen molar-refractivity contribution >= 4 is 27.5 Å². The van der Waals surface area contributed by atoms with Crippen LogP contribution in [-0.4, -0.2) is 22.5 Å². The molecule has 29 heavy (non-hydrogen) atoms. The van der Waals surface area contributed by atoms with Gasteiger partial charge in [0.2, 0.25) is 5.88 Å². The Labute approximate surface area is 173 Å². The SMILES string of the molecule is CCOc1ncnc2sc(C(=O)NC(c3ccccc3)c3ccccc3)c(C)c12. The summed E-state index contributed by atoms with van der Waals surface area (Å²) in [6.45, 7) is 4.33. The van der Waals surface area contributed by atoms with Crippen molar-refractivity contribution in [3.63, 3.8) is 0 Å². The molecule has 0 bridgehead atoms. The molecule has 5 nitrogen and oxygen atoms in total. The van der Waals surface area contributed by atoms with Gasteiger partial charge >= 0.3 is 0 Å². The van der Waals surface area contributed by atoms with E-state index < -0.39 is 0 Å². The largest absolute Gasteiger partial charge is 0.477 e. The first kappa shape index (κ1) is 19.1. The molecule has 0 saturated carbocycles. The van der Waals surface area contributed by atoms with Crippen LogP contribution in [0.25, 0.3) is 10.2 Å². The Morgan fingerprint density at radius 2 is 1.66 bits per heavy atom. The molecule has 0 aliphatic rings. The van der Waals surface area contributed by atoms with E-state index in [0.29, 0.717) is 17.4 Å². The molecule has 0 spiro atoms. The fraction of sp³-hybridized carbons (Fsp3) is 0.174. The predicted molar refractivity (Wildman–Crippen MR) is 116 cm³/mol. The summed E-state index contributed by atoms with van der Waals surface area (Å²) in [7, 11) is 0. The molecule has 1 N–H and O–H groups in total. The monoisotopic (exact) mass is 403 g/mol. The third kappa shape index (κ3) is 3.84. The zero-order valence-electron chi connectivity index (χ0n) is 16.3. The van der Waals surface area contributed by atoms with Crippen LogP contribution >= 0.6 is 11.3 Å². The number of nitrogens with one attached hydrogen (secondary N) is 1. The molecule has 4 rings (SSSR count). The maximum absolute atomic E-state index is 13.3. The summed E-state index contributed by atoms with van der Waals surface area (Å²) in [5, 5.41) is 4.01. The number of hydrogen-bond acceptors (Lipinski definition) is 5. The van der Waals surface area contributed by atoms with Crippen LogP contribution in [0.15, 0.2) is 67.0 Å². The molecular formula is C23H21N3O2S. The van der Waals surface area contributed by atoms with Crippen LogP contribution in [-0.2, 0) is 0 Å². The van der Waals surface area contributed by atoms with Gasteiger partial charge in [0.25, 0.3) is 5.91 Å². The van der Waals surface area contributed by atoms with Crippen LogP contribution in [0, 0.1) is 6.92 Å². The summed E-state index contributed by atoms with van der Waals surface area (Å²) >= 11 is 1.36. The Bertz CT molecular complexity index is 1090. The van der Waals surface area contributed by atoms with Gasteiger partial charge in [-0.1, -0.05) is 60.7 Å². The minimum absolute atomic E-state index is 0.134. The number of thiophene rings is 1.